The van der Waals surface area contributed by atoms with Crippen molar-refractivity contribution in [2.45, 2.75) is 37.8 Å². The van der Waals surface area contributed by atoms with Gasteiger partial charge in [0.15, 0.2) is 17.1 Å². The monoisotopic (exact) mass is 449 g/mol. The predicted octanol–water partition coefficient (Wildman–Crippen LogP) is 4.49. The lowest BCUT2D eigenvalue weighted by Crippen LogP contribution is -2.22. The fraction of sp³-hybridized carbons (Fsp3) is 0.292. The van der Waals surface area contributed by atoms with Crippen LogP contribution in [0.25, 0.3) is 22.3 Å². The quantitative estimate of drug-likeness (QED) is 0.462. The Balaban J connectivity index is 1.48. The van der Waals surface area contributed by atoms with Crippen LogP contribution in [0, 0.1) is 5.82 Å². The van der Waals surface area contributed by atoms with Crippen molar-refractivity contribution in [3.8, 4) is 28.5 Å². The smallest absolute Gasteiger partial charge is 0.207 e. The van der Waals surface area contributed by atoms with E-state index in [0.29, 0.717) is 28.3 Å². The maximum absolute atomic E-state index is 14.4. The standard InChI is InChI=1S/C24H24FN5O3/c1-32-18-3-2-4-19(21(18)25)33-17-11-5-14(6-12-17)22-20-23(26)27-13-28-24(20)30(29-22)15-7-9-16(31)10-8-15/h2-6,11-13,15-16,31H,7-10H2,1H3,(H2,26,27,28). The first kappa shape index (κ1) is 21.1. The zero-order chi connectivity index (χ0) is 22.9. The molecule has 1 aliphatic carbocycles. The van der Waals surface area contributed by atoms with Gasteiger partial charge < -0.3 is 20.3 Å². The van der Waals surface area contributed by atoms with Crippen LogP contribution in [-0.2, 0) is 0 Å². The number of nitrogens with two attached hydrogens (primary N) is 1. The molecule has 0 saturated heterocycles. The maximum atomic E-state index is 14.4. The van der Waals surface area contributed by atoms with E-state index in [0.717, 1.165) is 31.2 Å². The number of halogens is 1. The van der Waals surface area contributed by atoms with Crippen LogP contribution in [0.5, 0.6) is 17.2 Å². The number of hydrogen-bond acceptors (Lipinski definition) is 7. The number of anilines is 1. The second-order valence-corrected chi connectivity index (χ2v) is 8.11. The van der Waals surface area contributed by atoms with Gasteiger partial charge in [-0.1, -0.05) is 6.07 Å². The fourth-order valence-corrected chi connectivity index (χ4v) is 4.29. The summed E-state index contributed by atoms with van der Waals surface area (Å²) in [6, 6.07) is 12.1. The number of nitrogen functional groups attached to an aromatic ring is 1. The number of nitrogens with zero attached hydrogens (tertiary/aromatic N) is 4. The average molecular weight is 449 g/mol. The molecule has 0 amide bonds. The van der Waals surface area contributed by atoms with Crippen molar-refractivity contribution in [3.05, 3.63) is 54.6 Å². The van der Waals surface area contributed by atoms with E-state index in [4.69, 9.17) is 20.3 Å². The van der Waals surface area contributed by atoms with Gasteiger partial charge in [-0.25, -0.2) is 14.6 Å². The summed E-state index contributed by atoms with van der Waals surface area (Å²) in [5.41, 5.74) is 8.38. The maximum Gasteiger partial charge on any atom is 0.207 e. The summed E-state index contributed by atoms with van der Waals surface area (Å²) < 4.78 is 27.0. The van der Waals surface area contributed by atoms with Gasteiger partial charge in [0.1, 0.15) is 23.6 Å². The van der Waals surface area contributed by atoms with Gasteiger partial charge in [0, 0.05) is 5.56 Å². The fourth-order valence-electron chi connectivity index (χ4n) is 4.29. The Labute approximate surface area is 189 Å². The molecule has 1 aliphatic rings. The number of rotatable bonds is 5. The molecule has 9 heteroatoms. The van der Waals surface area contributed by atoms with Crippen molar-refractivity contribution in [3.63, 3.8) is 0 Å². The average Bonchev–Trinajstić information content (AvgIpc) is 3.22. The lowest BCUT2D eigenvalue weighted by atomic mass is 9.93. The molecule has 2 heterocycles. The minimum atomic E-state index is -0.559. The van der Waals surface area contributed by atoms with Crippen LogP contribution in [0.15, 0.2) is 48.8 Å². The van der Waals surface area contributed by atoms with Crippen molar-refractivity contribution >= 4 is 16.9 Å². The van der Waals surface area contributed by atoms with E-state index in [1.165, 1.54) is 19.5 Å². The molecule has 0 spiro atoms. The number of aliphatic hydroxyl groups is 1. The van der Waals surface area contributed by atoms with E-state index in [9.17, 15) is 9.50 Å². The van der Waals surface area contributed by atoms with Crippen LogP contribution in [0.1, 0.15) is 31.7 Å². The number of methoxy groups -OCH3 is 1. The van der Waals surface area contributed by atoms with Crippen molar-refractivity contribution < 1.29 is 19.0 Å². The van der Waals surface area contributed by atoms with E-state index in [-0.39, 0.29) is 23.6 Å². The second kappa shape index (κ2) is 8.67. The van der Waals surface area contributed by atoms with E-state index in [2.05, 4.69) is 9.97 Å². The normalized spacial score (nSPS) is 18.4. The molecule has 1 saturated carbocycles. The number of benzene rings is 2. The third-order valence-corrected chi connectivity index (χ3v) is 6.03. The Hall–Kier alpha value is -3.72. The van der Waals surface area contributed by atoms with E-state index < -0.39 is 5.82 Å². The number of ether oxygens (including phenoxy) is 2. The van der Waals surface area contributed by atoms with E-state index in [1.807, 2.05) is 16.8 Å². The highest BCUT2D eigenvalue weighted by Crippen LogP contribution is 2.37. The predicted molar refractivity (Wildman–Crippen MR) is 122 cm³/mol. The van der Waals surface area contributed by atoms with Gasteiger partial charge in [-0.3, -0.25) is 0 Å². The van der Waals surface area contributed by atoms with Crippen LogP contribution < -0.4 is 15.2 Å². The number of aromatic nitrogens is 4. The summed E-state index contributed by atoms with van der Waals surface area (Å²) in [6.07, 6.45) is 4.28. The largest absolute Gasteiger partial charge is 0.494 e. The molecule has 3 N–H and O–H groups in total. The lowest BCUT2D eigenvalue weighted by Gasteiger charge is -2.25. The van der Waals surface area contributed by atoms with Crippen molar-refractivity contribution in [1.82, 2.24) is 19.7 Å². The van der Waals surface area contributed by atoms with Crippen LogP contribution in [0.3, 0.4) is 0 Å². The first-order chi connectivity index (χ1) is 16.0. The van der Waals surface area contributed by atoms with Crippen LogP contribution in [0.2, 0.25) is 0 Å². The Bertz CT molecular complexity index is 1280. The number of hydrogen-bond donors (Lipinski definition) is 2. The molecule has 8 nitrogen and oxygen atoms in total. The Morgan fingerprint density at radius 3 is 2.48 bits per heavy atom. The zero-order valence-corrected chi connectivity index (χ0v) is 18.1. The first-order valence-electron chi connectivity index (χ1n) is 10.8. The van der Waals surface area contributed by atoms with E-state index in [1.54, 1.807) is 24.3 Å². The SMILES string of the molecule is COc1cccc(Oc2ccc(-c3nn(C4CCC(O)CC4)c4ncnc(N)c34)cc2)c1F. The summed E-state index contributed by atoms with van der Waals surface area (Å²) in [5.74, 6) is 0.466. The molecule has 0 unspecified atom stereocenters. The zero-order valence-electron chi connectivity index (χ0n) is 18.1. The molecule has 33 heavy (non-hydrogen) atoms. The van der Waals surface area contributed by atoms with Gasteiger partial charge in [0.2, 0.25) is 5.82 Å². The Morgan fingerprint density at radius 2 is 1.76 bits per heavy atom. The highest BCUT2D eigenvalue weighted by atomic mass is 19.1. The van der Waals surface area contributed by atoms with Crippen LogP contribution in [0.4, 0.5) is 10.2 Å². The molecular formula is C24H24FN5O3. The van der Waals surface area contributed by atoms with Crippen molar-refractivity contribution in [2.75, 3.05) is 12.8 Å². The number of aliphatic hydroxyl groups excluding tert-OH is 1. The molecule has 5 rings (SSSR count). The molecule has 0 atom stereocenters. The summed E-state index contributed by atoms with van der Waals surface area (Å²) >= 11 is 0. The third-order valence-electron chi connectivity index (χ3n) is 6.03. The summed E-state index contributed by atoms with van der Waals surface area (Å²) in [6.45, 7) is 0. The molecule has 0 bridgehead atoms. The highest BCUT2D eigenvalue weighted by Gasteiger charge is 2.26. The lowest BCUT2D eigenvalue weighted by molar-refractivity contribution is 0.109. The summed E-state index contributed by atoms with van der Waals surface area (Å²) in [5, 5.41) is 15.4. The number of fused-ring (bicyclic) bond motifs is 1. The molecule has 170 valence electrons. The van der Waals surface area contributed by atoms with Gasteiger partial charge in [-0.15, -0.1) is 0 Å². The molecular weight excluding hydrogens is 425 g/mol. The molecule has 2 aromatic heterocycles. The van der Waals surface area contributed by atoms with Gasteiger partial charge in [0.05, 0.1) is 24.6 Å². The molecule has 2 aromatic carbocycles. The van der Waals surface area contributed by atoms with Crippen molar-refractivity contribution in [1.29, 1.82) is 0 Å². The summed E-state index contributed by atoms with van der Waals surface area (Å²) in [7, 11) is 1.41. The molecule has 1 fully saturated rings. The van der Waals surface area contributed by atoms with Gasteiger partial charge in [0.25, 0.3) is 0 Å². The first-order valence-corrected chi connectivity index (χ1v) is 10.8. The minimum absolute atomic E-state index is 0.0777. The van der Waals surface area contributed by atoms with Gasteiger partial charge >= 0.3 is 0 Å². The van der Waals surface area contributed by atoms with E-state index >= 15 is 0 Å². The Kier molecular flexibility index (Phi) is 5.55. The van der Waals surface area contributed by atoms with Crippen LogP contribution in [-0.4, -0.2) is 38.1 Å². The van der Waals surface area contributed by atoms with Gasteiger partial charge in [-0.05, 0) is 62.1 Å². The molecule has 4 aromatic rings. The van der Waals surface area contributed by atoms with Crippen molar-refractivity contribution in [2.24, 2.45) is 0 Å². The minimum Gasteiger partial charge on any atom is -0.494 e. The second-order valence-electron chi connectivity index (χ2n) is 8.11. The third kappa shape index (κ3) is 3.95. The Morgan fingerprint density at radius 1 is 1.03 bits per heavy atom. The molecule has 0 aliphatic heterocycles. The highest BCUT2D eigenvalue weighted by molar-refractivity contribution is 5.98. The topological polar surface area (TPSA) is 108 Å². The van der Waals surface area contributed by atoms with Gasteiger partial charge in [-0.2, -0.15) is 9.49 Å². The molecule has 0 radical (unpaired) electrons. The van der Waals surface area contributed by atoms with Crippen LogP contribution >= 0.6 is 0 Å². The summed E-state index contributed by atoms with van der Waals surface area (Å²) in [4.78, 5) is 8.61.